The van der Waals surface area contributed by atoms with Gasteiger partial charge in [0.1, 0.15) is 49.3 Å². The minimum atomic E-state index is -0.504. The number of ether oxygens (including phenoxy) is 4. The Balaban J connectivity index is 1.94. The maximum absolute atomic E-state index is 11.9. The van der Waals surface area contributed by atoms with Gasteiger partial charge in [-0.05, 0) is 55.7 Å². The number of aryl methyl sites for hydroxylation is 1. The molecule has 0 saturated heterocycles. The van der Waals surface area contributed by atoms with E-state index in [2.05, 4.69) is 51.3 Å². The highest BCUT2D eigenvalue weighted by atomic mass is 35.5. The van der Waals surface area contributed by atoms with E-state index in [0.29, 0.717) is 11.4 Å². The summed E-state index contributed by atoms with van der Waals surface area (Å²) in [5, 5.41) is 29.0. The van der Waals surface area contributed by atoms with E-state index >= 15 is 0 Å². The number of unbranched alkanes of at least 4 members (excludes halogenated alkanes) is 10. The standard InChI is InChI=1S/C45H62Cl2N6O8/c1-4-6-8-10-12-14-26-52(27-15-13-11-9-7-5-2)38-20-21-39(35(3)32-38)49-51-41-34-42(58-28-30-60-44(54)22-24-46)40(33-43(41)59-29-31-61-45(55)23-25-47)50-48-36-16-18-37(19-17-36)53(56)57/h16-21,32-34H,4-15,22-31H2,1-3H3. The molecular formula is C45H62Cl2N6O8. The zero-order valence-corrected chi connectivity index (χ0v) is 37.5. The van der Waals surface area contributed by atoms with Gasteiger partial charge in [-0.1, -0.05) is 78.1 Å². The molecule has 0 amide bonds. The minimum Gasteiger partial charge on any atom is -0.488 e. The van der Waals surface area contributed by atoms with E-state index in [1.165, 1.54) is 88.5 Å². The number of nitro benzene ring substituents is 1. The van der Waals surface area contributed by atoms with Gasteiger partial charge in [0.05, 0.1) is 29.1 Å². The number of halogens is 2. The van der Waals surface area contributed by atoms with Crippen molar-refractivity contribution in [1.82, 2.24) is 0 Å². The lowest BCUT2D eigenvalue weighted by atomic mass is 10.1. The monoisotopic (exact) mass is 884 g/mol. The van der Waals surface area contributed by atoms with Crippen LogP contribution >= 0.6 is 23.2 Å². The first-order valence-corrected chi connectivity index (χ1v) is 22.6. The molecule has 0 radical (unpaired) electrons. The van der Waals surface area contributed by atoms with Crippen molar-refractivity contribution in [3.05, 3.63) is 70.3 Å². The number of esters is 2. The van der Waals surface area contributed by atoms with Gasteiger partial charge in [-0.25, -0.2) is 0 Å². The van der Waals surface area contributed by atoms with Crippen LogP contribution < -0.4 is 14.4 Å². The molecule has 0 saturated carbocycles. The maximum atomic E-state index is 11.9. The van der Waals surface area contributed by atoms with Crippen molar-refractivity contribution < 1.29 is 33.5 Å². The van der Waals surface area contributed by atoms with Gasteiger partial charge in [0, 0.05) is 54.8 Å². The molecule has 3 aromatic rings. The van der Waals surface area contributed by atoms with Gasteiger partial charge in [0.2, 0.25) is 0 Å². The molecule has 0 fully saturated rings. The average Bonchev–Trinajstić information content (AvgIpc) is 3.25. The Hall–Kier alpha value is -4.82. The minimum absolute atomic E-state index is 0.0209. The highest BCUT2D eigenvalue weighted by Gasteiger charge is 2.16. The van der Waals surface area contributed by atoms with Crippen LogP contribution in [0.25, 0.3) is 0 Å². The molecule has 0 unspecified atom stereocenters. The Morgan fingerprint density at radius 2 is 1.10 bits per heavy atom. The quantitative estimate of drug-likeness (QED) is 0.0148. The van der Waals surface area contributed by atoms with E-state index in [4.69, 9.17) is 42.1 Å². The summed E-state index contributed by atoms with van der Waals surface area (Å²) in [4.78, 5) is 37.0. The normalized spacial score (nSPS) is 11.3. The Bertz CT molecular complexity index is 1810. The number of nitrogens with zero attached hydrogens (tertiary/aromatic N) is 6. The van der Waals surface area contributed by atoms with Crippen LogP contribution in [0.15, 0.2) is 75.1 Å². The SMILES string of the molecule is CCCCCCCCN(CCCCCCCC)c1ccc(N=Nc2cc(OCCOC(=O)CCCl)c(N=Nc3ccc([N+](=O)[O-])cc3)cc2OCCOC(=O)CCCl)c(C)c1. The van der Waals surface area contributed by atoms with Crippen LogP contribution in [-0.2, 0) is 19.1 Å². The number of benzene rings is 3. The molecule has 3 aromatic carbocycles. The van der Waals surface area contributed by atoms with Crippen LogP contribution in [0.2, 0.25) is 0 Å². The lowest BCUT2D eigenvalue weighted by Crippen LogP contribution is -2.25. The van der Waals surface area contributed by atoms with Crippen LogP contribution in [-0.4, -0.2) is 68.1 Å². The first kappa shape index (κ1) is 50.5. The van der Waals surface area contributed by atoms with E-state index in [1.807, 2.05) is 13.0 Å². The number of carbonyl (C=O) groups excluding carboxylic acids is 2. The second kappa shape index (κ2) is 30.2. The number of nitro groups is 1. The lowest BCUT2D eigenvalue weighted by molar-refractivity contribution is -0.384. The summed E-state index contributed by atoms with van der Waals surface area (Å²) >= 11 is 11.3. The zero-order valence-electron chi connectivity index (χ0n) is 36.0. The molecule has 0 atom stereocenters. The van der Waals surface area contributed by atoms with Gasteiger partial charge < -0.3 is 23.8 Å². The molecule has 0 aromatic heterocycles. The molecule has 0 bridgehead atoms. The molecule has 0 aliphatic rings. The van der Waals surface area contributed by atoms with Crippen LogP contribution in [0.3, 0.4) is 0 Å². The third-order valence-corrected chi connectivity index (χ3v) is 9.93. The maximum Gasteiger partial charge on any atom is 0.307 e. The summed E-state index contributed by atoms with van der Waals surface area (Å²) in [6, 6.07) is 14.9. The largest absolute Gasteiger partial charge is 0.488 e. The number of non-ortho nitro benzene ring substituents is 1. The highest BCUT2D eigenvalue weighted by Crippen LogP contribution is 2.42. The summed E-state index contributed by atoms with van der Waals surface area (Å²) in [6.07, 6.45) is 15.0. The molecule has 0 aliphatic heterocycles. The lowest BCUT2D eigenvalue weighted by Gasteiger charge is -2.26. The Morgan fingerprint density at radius 3 is 1.57 bits per heavy atom. The first-order chi connectivity index (χ1) is 29.7. The summed E-state index contributed by atoms with van der Waals surface area (Å²) in [7, 11) is 0. The van der Waals surface area contributed by atoms with Gasteiger partial charge in [-0.2, -0.15) is 10.2 Å². The van der Waals surface area contributed by atoms with Crippen molar-refractivity contribution in [3.8, 4) is 11.5 Å². The van der Waals surface area contributed by atoms with Crippen molar-refractivity contribution in [2.75, 3.05) is 56.2 Å². The Labute approximate surface area is 370 Å². The molecule has 14 nitrogen and oxygen atoms in total. The summed E-state index contributed by atoms with van der Waals surface area (Å²) in [5.74, 6) is -0.181. The van der Waals surface area contributed by atoms with Gasteiger partial charge >= 0.3 is 11.9 Å². The third kappa shape index (κ3) is 20.1. The second-order valence-corrected chi connectivity index (χ2v) is 15.2. The summed E-state index contributed by atoms with van der Waals surface area (Å²) in [6.45, 7) is 8.35. The topological polar surface area (TPSA) is 167 Å². The smallest absolute Gasteiger partial charge is 0.307 e. The number of alkyl halides is 2. The molecule has 0 aliphatic carbocycles. The average molecular weight is 886 g/mol. The molecule has 0 heterocycles. The number of hydrogen-bond acceptors (Lipinski definition) is 13. The molecule has 61 heavy (non-hydrogen) atoms. The van der Waals surface area contributed by atoms with Crippen LogP contribution in [0.1, 0.15) is 109 Å². The number of rotatable bonds is 32. The molecule has 3 rings (SSSR count). The predicted molar refractivity (Wildman–Crippen MR) is 242 cm³/mol. The van der Waals surface area contributed by atoms with Crippen LogP contribution in [0.5, 0.6) is 11.5 Å². The predicted octanol–water partition coefficient (Wildman–Crippen LogP) is 13.4. The highest BCUT2D eigenvalue weighted by molar-refractivity contribution is 6.19. The number of hydrogen-bond donors (Lipinski definition) is 0. The van der Waals surface area contributed by atoms with Crippen LogP contribution in [0.4, 0.5) is 34.1 Å². The Morgan fingerprint density at radius 1 is 0.623 bits per heavy atom. The fourth-order valence-corrected chi connectivity index (χ4v) is 6.49. The van der Waals surface area contributed by atoms with Gasteiger partial charge in [-0.3, -0.25) is 19.7 Å². The van der Waals surface area contributed by atoms with Gasteiger partial charge in [0.25, 0.3) is 5.69 Å². The van der Waals surface area contributed by atoms with Gasteiger partial charge in [0.15, 0.2) is 0 Å². The van der Waals surface area contributed by atoms with E-state index < -0.39 is 16.9 Å². The van der Waals surface area contributed by atoms with E-state index in [9.17, 15) is 19.7 Å². The molecule has 0 N–H and O–H groups in total. The van der Waals surface area contributed by atoms with E-state index in [-0.39, 0.29) is 79.6 Å². The van der Waals surface area contributed by atoms with Crippen molar-refractivity contribution >= 4 is 69.3 Å². The molecule has 334 valence electrons. The second-order valence-electron chi connectivity index (χ2n) is 14.5. The zero-order chi connectivity index (χ0) is 44.1. The third-order valence-electron chi connectivity index (χ3n) is 9.55. The number of carbonyl (C=O) groups is 2. The molecule has 16 heteroatoms. The van der Waals surface area contributed by atoms with E-state index in [0.717, 1.165) is 37.2 Å². The van der Waals surface area contributed by atoms with Crippen LogP contribution in [0, 0.1) is 17.0 Å². The fraction of sp³-hybridized carbons (Fsp3) is 0.556. The first-order valence-electron chi connectivity index (χ1n) is 21.5. The summed E-state index contributed by atoms with van der Waals surface area (Å²) < 4.78 is 22.5. The van der Waals surface area contributed by atoms with Crippen molar-refractivity contribution in [2.45, 2.75) is 111 Å². The van der Waals surface area contributed by atoms with E-state index in [1.54, 1.807) is 12.1 Å². The number of azo groups is 2. The van der Waals surface area contributed by atoms with Crippen molar-refractivity contribution in [3.63, 3.8) is 0 Å². The molecule has 0 spiro atoms. The molecular weight excluding hydrogens is 823 g/mol. The number of anilines is 1. The van der Waals surface area contributed by atoms with Crippen molar-refractivity contribution in [2.24, 2.45) is 20.5 Å². The summed E-state index contributed by atoms with van der Waals surface area (Å²) in [5.41, 5.74) is 3.54. The fourth-order valence-electron chi connectivity index (χ4n) is 6.18. The Kier molecular flexibility index (Phi) is 25.1. The van der Waals surface area contributed by atoms with Crippen molar-refractivity contribution in [1.29, 1.82) is 0 Å². The van der Waals surface area contributed by atoms with Gasteiger partial charge in [-0.15, -0.1) is 33.4 Å².